The van der Waals surface area contributed by atoms with Crippen molar-refractivity contribution in [3.63, 3.8) is 0 Å². The van der Waals surface area contributed by atoms with Gasteiger partial charge in [0.15, 0.2) is 0 Å². The fraction of sp³-hybridized carbons (Fsp3) is 0.417. The van der Waals surface area contributed by atoms with Crippen molar-refractivity contribution >= 4 is 45.7 Å². The number of nitrogens with zero attached hydrogens (tertiary/aromatic N) is 4. The van der Waals surface area contributed by atoms with Crippen LogP contribution in [0.2, 0.25) is 10.0 Å². The molecule has 2 aliphatic heterocycles. The number of carbonyl (C=O) groups excluding carboxylic acids is 1. The number of aliphatic hydroxyl groups is 1. The van der Waals surface area contributed by atoms with Gasteiger partial charge >= 0.3 is 0 Å². The Hall–Kier alpha value is -2.32. The number of rotatable bonds is 5. The largest absolute Gasteiger partial charge is 0.394 e. The van der Waals surface area contributed by atoms with E-state index in [1.54, 1.807) is 6.07 Å². The zero-order chi connectivity index (χ0) is 23.1. The summed E-state index contributed by atoms with van der Waals surface area (Å²) in [7, 11) is 0. The topological polar surface area (TPSA) is 73.6 Å². The maximum atomic E-state index is 12.7. The molecule has 9 heteroatoms. The molecule has 2 N–H and O–H groups in total. The molecule has 3 heterocycles. The Morgan fingerprint density at radius 2 is 2.06 bits per heavy atom. The SMILES string of the molecule is CC(c1ccc(Cl)cc1Cl)n1ncc2ccc(N3CCN(C(=O)[C@H]4CCN4)[C@H](CO)C3)cc21. The van der Waals surface area contributed by atoms with Crippen LogP contribution in [0.15, 0.2) is 42.6 Å². The first-order valence-electron chi connectivity index (χ1n) is 11.3. The zero-order valence-corrected chi connectivity index (χ0v) is 19.9. The van der Waals surface area contributed by atoms with E-state index in [9.17, 15) is 9.90 Å². The Morgan fingerprint density at radius 3 is 2.76 bits per heavy atom. The smallest absolute Gasteiger partial charge is 0.240 e. The summed E-state index contributed by atoms with van der Waals surface area (Å²) in [6.45, 7) is 4.79. The van der Waals surface area contributed by atoms with Gasteiger partial charge in [-0.1, -0.05) is 29.3 Å². The molecule has 174 valence electrons. The van der Waals surface area contributed by atoms with Gasteiger partial charge in [-0.2, -0.15) is 5.10 Å². The van der Waals surface area contributed by atoms with Crippen LogP contribution < -0.4 is 10.2 Å². The average Bonchev–Trinajstić information content (AvgIpc) is 3.20. The predicted molar refractivity (Wildman–Crippen MR) is 131 cm³/mol. The molecule has 2 fully saturated rings. The van der Waals surface area contributed by atoms with Gasteiger partial charge < -0.3 is 20.2 Å². The van der Waals surface area contributed by atoms with E-state index in [2.05, 4.69) is 40.4 Å². The number of nitrogens with one attached hydrogen (secondary N) is 1. The van der Waals surface area contributed by atoms with Crippen molar-refractivity contribution in [2.75, 3.05) is 37.7 Å². The van der Waals surface area contributed by atoms with Crippen LogP contribution in [0.1, 0.15) is 24.9 Å². The number of halogens is 2. The van der Waals surface area contributed by atoms with Gasteiger partial charge in [0.2, 0.25) is 5.91 Å². The Morgan fingerprint density at radius 1 is 1.24 bits per heavy atom. The Labute approximate surface area is 202 Å². The second-order valence-electron chi connectivity index (χ2n) is 8.78. The summed E-state index contributed by atoms with van der Waals surface area (Å²) in [5.41, 5.74) is 3.00. The molecular weight excluding hydrogens is 461 g/mol. The molecule has 1 amide bonds. The number of hydrogen-bond acceptors (Lipinski definition) is 5. The first-order valence-corrected chi connectivity index (χ1v) is 12.0. The number of amides is 1. The van der Waals surface area contributed by atoms with Crippen LogP contribution in [0.3, 0.4) is 0 Å². The summed E-state index contributed by atoms with van der Waals surface area (Å²) in [4.78, 5) is 16.8. The van der Waals surface area contributed by atoms with E-state index in [0.29, 0.717) is 29.7 Å². The highest BCUT2D eigenvalue weighted by Gasteiger charge is 2.36. The van der Waals surface area contributed by atoms with Gasteiger partial charge in [-0.25, -0.2) is 0 Å². The van der Waals surface area contributed by atoms with Crippen molar-refractivity contribution in [3.05, 3.63) is 58.2 Å². The molecule has 0 radical (unpaired) electrons. The second kappa shape index (κ2) is 9.14. The van der Waals surface area contributed by atoms with Gasteiger partial charge in [-0.05, 0) is 55.8 Å². The van der Waals surface area contributed by atoms with Crippen molar-refractivity contribution in [3.8, 4) is 0 Å². The molecule has 3 aromatic rings. The van der Waals surface area contributed by atoms with Crippen LogP contribution in [-0.2, 0) is 4.79 Å². The fourth-order valence-electron chi connectivity index (χ4n) is 4.74. The van der Waals surface area contributed by atoms with E-state index in [0.717, 1.165) is 35.1 Å². The Balaban J connectivity index is 1.40. The summed E-state index contributed by atoms with van der Waals surface area (Å²) in [6.07, 6.45) is 2.73. The minimum absolute atomic E-state index is 0.0543. The van der Waals surface area contributed by atoms with Gasteiger partial charge in [0.1, 0.15) is 0 Å². The van der Waals surface area contributed by atoms with E-state index in [1.165, 1.54) is 0 Å². The Kier molecular flexibility index (Phi) is 6.22. The quantitative estimate of drug-likeness (QED) is 0.577. The minimum atomic E-state index is -0.221. The molecule has 3 atom stereocenters. The number of anilines is 1. The minimum Gasteiger partial charge on any atom is -0.394 e. The number of hydrogen-bond donors (Lipinski definition) is 2. The van der Waals surface area contributed by atoms with Gasteiger partial charge in [-0.15, -0.1) is 0 Å². The molecular formula is C24H27Cl2N5O2. The maximum Gasteiger partial charge on any atom is 0.240 e. The van der Waals surface area contributed by atoms with Crippen LogP contribution in [0, 0.1) is 0 Å². The molecule has 0 spiro atoms. The molecule has 2 aliphatic rings. The molecule has 2 saturated heterocycles. The highest BCUT2D eigenvalue weighted by atomic mass is 35.5. The third-order valence-electron chi connectivity index (χ3n) is 6.83. The van der Waals surface area contributed by atoms with Crippen molar-refractivity contribution in [2.24, 2.45) is 0 Å². The van der Waals surface area contributed by atoms with Crippen LogP contribution >= 0.6 is 23.2 Å². The normalized spacial score (nSPS) is 21.8. The Bertz CT molecular complexity index is 1180. The zero-order valence-electron chi connectivity index (χ0n) is 18.4. The van der Waals surface area contributed by atoms with Crippen LogP contribution in [0.25, 0.3) is 10.9 Å². The van der Waals surface area contributed by atoms with E-state index in [1.807, 2.05) is 27.9 Å². The summed E-state index contributed by atoms with van der Waals surface area (Å²) in [5.74, 6) is 0.0992. The van der Waals surface area contributed by atoms with Crippen LogP contribution in [0.5, 0.6) is 0 Å². The fourth-order valence-corrected chi connectivity index (χ4v) is 5.31. The van der Waals surface area contributed by atoms with Gasteiger partial charge in [0.05, 0.1) is 36.4 Å². The lowest BCUT2D eigenvalue weighted by atomic mass is 10.0. The van der Waals surface area contributed by atoms with E-state index < -0.39 is 0 Å². The number of benzene rings is 2. The van der Waals surface area contributed by atoms with Crippen molar-refractivity contribution in [1.29, 1.82) is 0 Å². The van der Waals surface area contributed by atoms with E-state index >= 15 is 0 Å². The summed E-state index contributed by atoms with van der Waals surface area (Å²) < 4.78 is 1.97. The standard InChI is InChI=1S/C24H27Cl2N5O2/c1-15(20-5-3-17(25)10-21(20)26)31-23-11-18(4-2-16(23)12-28-31)29-8-9-30(19(13-29)14-32)24(33)22-6-7-27-22/h2-5,10-12,15,19,22,27,32H,6-9,13-14H2,1H3/t15?,19-,22+/m0/s1. The molecule has 7 nitrogen and oxygen atoms in total. The van der Waals surface area contributed by atoms with Crippen molar-refractivity contribution < 1.29 is 9.90 Å². The number of fused-ring (bicyclic) bond motifs is 1. The molecule has 1 unspecified atom stereocenters. The van der Waals surface area contributed by atoms with E-state index in [4.69, 9.17) is 23.2 Å². The molecule has 5 rings (SSSR count). The average molecular weight is 488 g/mol. The number of aromatic nitrogens is 2. The number of aliphatic hydroxyl groups excluding tert-OH is 1. The molecule has 0 aliphatic carbocycles. The molecule has 2 aromatic carbocycles. The van der Waals surface area contributed by atoms with Crippen molar-refractivity contribution in [1.82, 2.24) is 20.0 Å². The monoisotopic (exact) mass is 487 g/mol. The number of carbonyl (C=O) groups is 1. The molecule has 33 heavy (non-hydrogen) atoms. The molecule has 1 aromatic heterocycles. The van der Waals surface area contributed by atoms with Gasteiger partial charge in [0.25, 0.3) is 0 Å². The predicted octanol–water partition coefficient (Wildman–Crippen LogP) is 3.32. The lowest BCUT2D eigenvalue weighted by Crippen LogP contribution is -2.63. The lowest BCUT2D eigenvalue weighted by molar-refractivity contribution is -0.139. The maximum absolute atomic E-state index is 12.7. The van der Waals surface area contributed by atoms with Crippen LogP contribution in [0.4, 0.5) is 5.69 Å². The summed E-state index contributed by atoms with van der Waals surface area (Å²) >= 11 is 12.5. The summed E-state index contributed by atoms with van der Waals surface area (Å²) in [5, 5.41) is 20.1. The van der Waals surface area contributed by atoms with Crippen molar-refractivity contribution in [2.45, 2.75) is 31.5 Å². The third-order valence-corrected chi connectivity index (χ3v) is 7.39. The van der Waals surface area contributed by atoms with Gasteiger partial charge in [0, 0.05) is 40.8 Å². The summed E-state index contributed by atoms with van der Waals surface area (Å²) in [6, 6.07) is 11.4. The first-order chi connectivity index (χ1) is 16.0. The van der Waals surface area contributed by atoms with Crippen LogP contribution in [-0.4, -0.2) is 70.6 Å². The lowest BCUT2D eigenvalue weighted by Gasteiger charge is -2.44. The van der Waals surface area contributed by atoms with Gasteiger partial charge in [-0.3, -0.25) is 9.48 Å². The molecule has 0 bridgehead atoms. The highest BCUT2D eigenvalue weighted by Crippen LogP contribution is 2.32. The van der Waals surface area contributed by atoms with E-state index in [-0.39, 0.29) is 30.6 Å². The third kappa shape index (κ3) is 4.19. The molecule has 0 saturated carbocycles. The highest BCUT2D eigenvalue weighted by molar-refractivity contribution is 6.35. The first kappa shape index (κ1) is 22.5. The number of piperazine rings is 1. The second-order valence-corrected chi connectivity index (χ2v) is 9.63.